The fourth-order valence-electron chi connectivity index (χ4n) is 1.24. The van der Waals surface area contributed by atoms with Crippen molar-refractivity contribution in [3.8, 4) is 5.75 Å². The van der Waals surface area contributed by atoms with Crippen molar-refractivity contribution in [2.75, 3.05) is 13.1 Å². The van der Waals surface area contributed by atoms with E-state index in [1.54, 1.807) is 6.07 Å². The summed E-state index contributed by atoms with van der Waals surface area (Å²) >= 11 is 3.12. The third-order valence-electron chi connectivity index (χ3n) is 2.34. The first kappa shape index (κ1) is 18.2. The molecule has 1 aromatic carbocycles. The highest BCUT2D eigenvalue weighted by Gasteiger charge is 2.09. The molecule has 2 amide bonds. The zero-order valence-electron chi connectivity index (χ0n) is 11.1. The summed E-state index contributed by atoms with van der Waals surface area (Å²) in [6.07, 6.45) is -0.838. The van der Waals surface area contributed by atoms with Gasteiger partial charge in [-0.1, -0.05) is 15.9 Å². The van der Waals surface area contributed by atoms with Crippen molar-refractivity contribution >= 4 is 27.9 Å². The minimum atomic E-state index is -0.838. The summed E-state index contributed by atoms with van der Waals surface area (Å²) in [6.45, 7) is 4.78. The Morgan fingerprint density at radius 2 is 1.85 bits per heavy atom. The zero-order valence-corrected chi connectivity index (χ0v) is 12.7. The minimum absolute atomic E-state index is 0.0203. The van der Waals surface area contributed by atoms with Gasteiger partial charge in [0.25, 0.3) is 5.91 Å². The van der Waals surface area contributed by atoms with Gasteiger partial charge in [0.05, 0.1) is 5.56 Å². The molecule has 0 spiro atoms. The maximum Gasteiger partial charge on any atom is 0.407 e. The number of nitrogens with zero attached hydrogens (tertiary/aromatic N) is 1. The van der Waals surface area contributed by atoms with E-state index in [2.05, 4.69) is 15.9 Å². The van der Waals surface area contributed by atoms with E-state index in [0.29, 0.717) is 17.6 Å². The van der Waals surface area contributed by atoms with Crippen molar-refractivity contribution in [2.24, 2.45) is 0 Å². The van der Waals surface area contributed by atoms with Crippen LogP contribution in [0.2, 0.25) is 0 Å². The predicted molar refractivity (Wildman–Crippen MR) is 76.0 cm³/mol. The molecule has 0 bridgehead atoms. The van der Waals surface area contributed by atoms with Gasteiger partial charge in [0, 0.05) is 17.6 Å². The topological polar surface area (TPSA) is 110 Å². The molecule has 0 radical (unpaired) electrons. The summed E-state index contributed by atoms with van der Waals surface area (Å²) < 4.78 is 0.652. The molecule has 0 aliphatic rings. The molecule has 0 aromatic heterocycles. The van der Waals surface area contributed by atoms with Gasteiger partial charge in [-0.15, -0.1) is 0 Å². The Balaban J connectivity index is 0.000000396. The van der Waals surface area contributed by atoms with Crippen LogP contribution in [0, 0.1) is 0 Å². The largest absolute Gasteiger partial charge is 0.507 e. The van der Waals surface area contributed by atoms with Crippen LogP contribution in [0.4, 0.5) is 4.79 Å². The van der Waals surface area contributed by atoms with Crippen molar-refractivity contribution in [3.05, 3.63) is 28.2 Å². The van der Waals surface area contributed by atoms with Crippen LogP contribution in [-0.4, -0.2) is 45.4 Å². The number of aromatic hydroxyl groups is 1. The van der Waals surface area contributed by atoms with Gasteiger partial charge in [0.2, 0.25) is 0 Å². The highest BCUT2D eigenvalue weighted by molar-refractivity contribution is 9.10. The van der Waals surface area contributed by atoms with Crippen LogP contribution < -0.4 is 5.48 Å². The predicted octanol–water partition coefficient (Wildman–Crippen LogP) is 2.28. The van der Waals surface area contributed by atoms with E-state index in [9.17, 15) is 9.59 Å². The van der Waals surface area contributed by atoms with Crippen molar-refractivity contribution in [3.63, 3.8) is 0 Å². The lowest BCUT2D eigenvalue weighted by Gasteiger charge is -2.12. The summed E-state index contributed by atoms with van der Waals surface area (Å²) in [5, 5.41) is 25.7. The number of amides is 2. The fraction of sp³-hybridized carbons (Fsp3) is 0.333. The fourth-order valence-corrected chi connectivity index (χ4v) is 1.61. The normalized spacial score (nSPS) is 9.20. The third-order valence-corrected chi connectivity index (χ3v) is 2.83. The molecule has 0 saturated carbocycles. The number of benzene rings is 1. The molecule has 0 aliphatic heterocycles. The first-order valence-electron chi connectivity index (χ1n) is 5.78. The van der Waals surface area contributed by atoms with E-state index < -0.39 is 12.0 Å². The molecular weight excluding hydrogens is 332 g/mol. The van der Waals surface area contributed by atoms with Crippen LogP contribution in [0.5, 0.6) is 5.75 Å². The van der Waals surface area contributed by atoms with E-state index >= 15 is 0 Å². The van der Waals surface area contributed by atoms with Crippen LogP contribution in [0.25, 0.3) is 0 Å². The summed E-state index contributed by atoms with van der Waals surface area (Å²) in [6, 6.07) is 4.35. The smallest absolute Gasteiger partial charge is 0.407 e. The van der Waals surface area contributed by atoms with Crippen LogP contribution in [0.15, 0.2) is 22.7 Å². The maximum atomic E-state index is 10.8. The quantitative estimate of drug-likeness (QED) is 0.494. The maximum absolute atomic E-state index is 10.8. The summed E-state index contributed by atoms with van der Waals surface area (Å²) in [7, 11) is 0. The molecule has 8 heteroatoms. The van der Waals surface area contributed by atoms with E-state index in [4.69, 9.17) is 15.4 Å². The van der Waals surface area contributed by atoms with E-state index in [1.165, 1.54) is 22.5 Å². The molecule has 0 saturated heterocycles. The average Bonchev–Trinajstić information content (AvgIpc) is 2.42. The zero-order chi connectivity index (χ0) is 15.7. The number of carbonyl (C=O) groups is 2. The van der Waals surface area contributed by atoms with Gasteiger partial charge in [-0.2, -0.15) is 0 Å². The lowest BCUT2D eigenvalue weighted by Crippen LogP contribution is -2.28. The Bertz CT molecular complexity index is 463. The third kappa shape index (κ3) is 5.89. The van der Waals surface area contributed by atoms with Gasteiger partial charge >= 0.3 is 6.09 Å². The van der Waals surface area contributed by atoms with Gasteiger partial charge in [-0.25, -0.2) is 10.3 Å². The Hall–Kier alpha value is -1.80. The second-order valence-corrected chi connectivity index (χ2v) is 4.47. The summed E-state index contributed by atoms with van der Waals surface area (Å²) in [5.74, 6) is -0.918. The van der Waals surface area contributed by atoms with E-state index in [1.807, 2.05) is 13.8 Å². The number of nitrogens with one attached hydrogen (secondary N) is 1. The molecule has 1 rings (SSSR count). The SMILES string of the molecule is CCN(CC)C(=O)O.O=C(NO)c1cc(Br)ccc1O. The van der Waals surface area contributed by atoms with Crippen LogP contribution in [0.1, 0.15) is 24.2 Å². The highest BCUT2D eigenvalue weighted by atomic mass is 79.9. The summed E-state index contributed by atoms with van der Waals surface area (Å²) in [5.41, 5.74) is 1.45. The van der Waals surface area contributed by atoms with Gasteiger partial charge in [0.1, 0.15) is 5.75 Å². The monoisotopic (exact) mass is 348 g/mol. The lowest BCUT2D eigenvalue weighted by molar-refractivity contribution is 0.0703. The Morgan fingerprint density at radius 3 is 2.20 bits per heavy atom. The number of carboxylic acid groups (broad SMARTS) is 1. The summed E-state index contributed by atoms with van der Waals surface area (Å²) in [4.78, 5) is 22.3. The number of phenols is 1. The average molecular weight is 349 g/mol. The van der Waals surface area contributed by atoms with E-state index in [-0.39, 0.29) is 11.3 Å². The Kier molecular flexibility index (Phi) is 8.33. The molecule has 4 N–H and O–H groups in total. The number of hydrogen-bond donors (Lipinski definition) is 4. The van der Waals surface area contributed by atoms with Crippen molar-refractivity contribution in [1.29, 1.82) is 0 Å². The molecular formula is C12H17BrN2O5. The molecule has 20 heavy (non-hydrogen) atoms. The van der Waals surface area contributed by atoms with Gasteiger partial charge in [-0.3, -0.25) is 10.0 Å². The first-order chi connectivity index (χ1) is 9.37. The Morgan fingerprint density at radius 1 is 1.30 bits per heavy atom. The molecule has 112 valence electrons. The number of phenolic OH excluding ortho intramolecular Hbond substituents is 1. The number of rotatable bonds is 3. The molecule has 0 unspecified atom stereocenters. The Labute approximate surface area is 124 Å². The highest BCUT2D eigenvalue weighted by Crippen LogP contribution is 2.21. The molecule has 0 aliphatic carbocycles. The molecule has 7 nitrogen and oxygen atoms in total. The number of hydrogen-bond acceptors (Lipinski definition) is 4. The standard InChI is InChI=1S/C7H6BrNO3.C5H11NO2/c8-4-1-2-6(10)5(3-4)7(11)9-12;1-3-6(4-2)5(7)8/h1-3,10,12H,(H,9,11);3-4H2,1-2H3,(H,7,8). The van der Waals surface area contributed by atoms with Gasteiger partial charge < -0.3 is 15.1 Å². The van der Waals surface area contributed by atoms with Crippen LogP contribution in [-0.2, 0) is 0 Å². The molecule has 0 heterocycles. The van der Waals surface area contributed by atoms with Crippen LogP contribution >= 0.6 is 15.9 Å². The second-order valence-electron chi connectivity index (χ2n) is 3.56. The van der Waals surface area contributed by atoms with Crippen molar-refractivity contribution < 1.29 is 25.0 Å². The minimum Gasteiger partial charge on any atom is -0.507 e. The van der Waals surface area contributed by atoms with Gasteiger partial charge in [-0.05, 0) is 32.0 Å². The van der Waals surface area contributed by atoms with Crippen molar-refractivity contribution in [2.45, 2.75) is 13.8 Å². The van der Waals surface area contributed by atoms with E-state index in [0.717, 1.165) is 0 Å². The number of carbonyl (C=O) groups excluding carboxylic acids is 1. The number of halogens is 1. The van der Waals surface area contributed by atoms with Crippen molar-refractivity contribution in [1.82, 2.24) is 10.4 Å². The number of hydroxylamine groups is 1. The van der Waals surface area contributed by atoms with Gasteiger partial charge in [0.15, 0.2) is 0 Å². The molecule has 1 aromatic rings. The van der Waals surface area contributed by atoms with Crippen LogP contribution in [0.3, 0.4) is 0 Å². The molecule has 0 atom stereocenters. The second kappa shape index (κ2) is 9.16. The first-order valence-corrected chi connectivity index (χ1v) is 6.57. The lowest BCUT2D eigenvalue weighted by atomic mass is 10.2. The molecule has 0 fully saturated rings.